The lowest BCUT2D eigenvalue weighted by atomic mass is 10.1. The van der Waals surface area contributed by atoms with E-state index in [4.69, 9.17) is 9.98 Å². The molecule has 0 unspecified atom stereocenters. The van der Waals surface area contributed by atoms with Crippen molar-refractivity contribution in [2.45, 2.75) is 0 Å². The fourth-order valence-corrected chi connectivity index (χ4v) is 6.35. The predicted octanol–water partition coefficient (Wildman–Crippen LogP) is 8.93. The van der Waals surface area contributed by atoms with Gasteiger partial charge in [-0.05, 0) is 37.0 Å². The minimum Gasteiger partial charge on any atom is -0.293 e. The average Bonchev–Trinajstić information content (AvgIpc) is 3.63. The number of pyridine rings is 1. The Kier molecular flexibility index (Phi) is 6.38. The molecule has 0 spiro atoms. The lowest BCUT2D eigenvalue weighted by Gasteiger charge is -2.11. The molecular formula is C39H28N6. The zero-order valence-corrected chi connectivity index (χ0v) is 24.7. The first-order chi connectivity index (χ1) is 22.3. The minimum absolute atomic E-state index is 0.513. The van der Waals surface area contributed by atoms with Crippen molar-refractivity contribution in [3.05, 3.63) is 145 Å². The first-order valence-corrected chi connectivity index (χ1v) is 14.8. The maximum absolute atomic E-state index is 5.21. The molecule has 6 heteroatoms. The number of benzene rings is 5. The molecule has 0 amide bonds. The molecule has 6 nitrogen and oxygen atoms in total. The van der Waals surface area contributed by atoms with Crippen LogP contribution in [0, 0.1) is 0 Å². The Hall–Kier alpha value is -6.14. The van der Waals surface area contributed by atoms with Gasteiger partial charge in [0.1, 0.15) is 5.82 Å². The van der Waals surface area contributed by atoms with Gasteiger partial charge in [0.15, 0.2) is 5.84 Å². The molecule has 0 saturated heterocycles. The normalized spacial score (nSPS) is 12.5. The number of aromatic nitrogens is 3. The van der Waals surface area contributed by atoms with Crippen molar-refractivity contribution in [2.75, 3.05) is 7.05 Å². The summed E-state index contributed by atoms with van der Waals surface area (Å²) in [7, 11) is 1.76. The van der Waals surface area contributed by atoms with E-state index >= 15 is 0 Å². The Morgan fingerprint density at radius 1 is 0.622 bits per heavy atom. The van der Waals surface area contributed by atoms with Gasteiger partial charge in [0.05, 0.1) is 27.8 Å². The van der Waals surface area contributed by atoms with Crippen molar-refractivity contribution >= 4 is 62.1 Å². The van der Waals surface area contributed by atoms with Crippen LogP contribution >= 0.6 is 0 Å². The van der Waals surface area contributed by atoms with Crippen LogP contribution in [0.25, 0.3) is 60.7 Å². The van der Waals surface area contributed by atoms with Crippen molar-refractivity contribution in [3.8, 4) is 17.1 Å². The van der Waals surface area contributed by atoms with Crippen molar-refractivity contribution < 1.29 is 0 Å². The number of hydrogen-bond acceptors (Lipinski definition) is 2. The smallest absolute Gasteiger partial charge is 0.231 e. The number of para-hydroxylation sites is 2. The van der Waals surface area contributed by atoms with Crippen molar-refractivity contribution in [1.29, 1.82) is 0 Å². The molecule has 0 radical (unpaired) electrons. The van der Waals surface area contributed by atoms with Crippen LogP contribution in [0.15, 0.2) is 155 Å². The van der Waals surface area contributed by atoms with Crippen LogP contribution in [0.3, 0.4) is 0 Å². The van der Waals surface area contributed by atoms with Crippen molar-refractivity contribution in [2.24, 2.45) is 15.0 Å². The topological polar surface area (TPSA) is 59.8 Å². The number of aliphatic imine (C=N–C) groups is 3. The van der Waals surface area contributed by atoms with Gasteiger partial charge < -0.3 is 0 Å². The number of rotatable bonds is 3. The third kappa shape index (κ3) is 4.26. The van der Waals surface area contributed by atoms with Crippen LogP contribution < -0.4 is 0 Å². The molecule has 0 saturated carbocycles. The van der Waals surface area contributed by atoms with Gasteiger partial charge in [-0.1, -0.05) is 109 Å². The molecule has 5 aromatic carbocycles. The molecule has 0 aliphatic carbocycles. The van der Waals surface area contributed by atoms with E-state index in [9.17, 15) is 0 Å². The van der Waals surface area contributed by atoms with E-state index in [1.165, 1.54) is 5.39 Å². The molecule has 0 bridgehead atoms. The van der Waals surface area contributed by atoms with Crippen molar-refractivity contribution in [1.82, 2.24) is 14.1 Å². The first kappa shape index (κ1) is 26.5. The molecule has 0 N–H and O–H groups in total. The molecule has 3 heterocycles. The van der Waals surface area contributed by atoms with Gasteiger partial charge in [0, 0.05) is 39.7 Å². The number of nitrogens with zero attached hydrogens (tertiary/aromatic N) is 6. The van der Waals surface area contributed by atoms with Crippen LogP contribution in [0.2, 0.25) is 0 Å². The van der Waals surface area contributed by atoms with Gasteiger partial charge in [0.2, 0.25) is 5.96 Å². The summed E-state index contributed by atoms with van der Waals surface area (Å²) in [5.41, 5.74) is 7.06. The van der Waals surface area contributed by atoms with Gasteiger partial charge in [-0.2, -0.15) is 4.99 Å². The third-order valence-corrected chi connectivity index (χ3v) is 8.29. The van der Waals surface area contributed by atoms with E-state index < -0.39 is 0 Å². The van der Waals surface area contributed by atoms with Crippen LogP contribution in [-0.4, -0.2) is 39.7 Å². The zero-order chi connectivity index (χ0) is 30.3. The van der Waals surface area contributed by atoms with E-state index in [-0.39, 0.29) is 0 Å². The van der Waals surface area contributed by atoms with Gasteiger partial charge in [-0.25, -0.2) is 9.98 Å². The summed E-state index contributed by atoms with van der Waals surface area (Å²) in [5, 5.41) is 4.54. The summed E-state index contributed by atoms with van der Waals surface area (Å²) in [6.07, 6.45) is 0. The second-order valence-electron chi connectivity index (χ2n) is 10.8. The van der Waals surface area contributed by atoms with Crippen molar-refractivity contribution in [3.63, 3.8) is 0 Å². The Morgan fingerprint density at radius 3 is 2.07 bits per heavy atom. The number of hydrogen-bond donors (Lipinski definition) is 0. The quantitative estimate of drug-likeness (QED) is 0.152. The number of amidine groups is 1. The summed E-state index contributed by atoms with van der Waals surface area (Å²) in [6, 6.07) is 47.7. The molecule has 214 valence electrons. The summed E-state index contributed by atoms with van der Waals surface area (Å²) < 4.78 is 4.41. The van der Waals surface area contributed by atoms with E-state index in [0.29, 0.717) is 11.8 Å². The monoisotopic (exact) mass is 580 g/mol. The highest BCUT2D eigenvalue weighted by Gasteiger charge is 2.22. The largest absolute Gasteiger partial charge is 0.293 e. The summed E-state index contributed by atoms with van der Waals surface area (Å²) >= 11 is 0. The second kappa shape index (κ2) is 10.8. The number of fused-ring (bicyclic) bond motifs is 7. The van der Waals surface area contributed by atoms with Gasteiger partial charge in [-0.3, -0.25) is 14.1 Å². The molecule has 8 rings (SSSR count). The van der Waals surface area contributed by atoms with E-state index in [2.05, 4.69) is 117 Å². The molecule has 8 aromatic rings. The van der Waals surface area contributed by atoms with E-state index in [1.54, 1.807) is 7.05 Å². The minimum atomic E-state index is 0.513. The molecular weight excluding hydrogens is 552 g/mol. The standard InChI is InChI=1S/C39H28N6/c1-40-38(27-16-7-4-8-17-27)43-39(41-2)44-33-22-12-10-19-30(33)36-34(44)25-24-29-28-18-9-11-21-32(28)45(37(29)36)35-23-13-20-31(42-35)26-14-5-3-6-15-26/h3-25H,1H2,2H3/b41-39+,43-38-. The fraction of sp³-hybridized carbons (Fsp3) is 0.0256. The van der Waals surface area contributed by atoms with Gasteiger partial charge in [0.25, 0.3) is 0 Å². The molecule has 0 aliphatic rings. The van der Waals surface area contributed by atoms with Crippen LogP contribution in [0.1, 0.15) is 5.56 Å². The highest BCUT2D eigenvalue weighted by atomic mass is 15.2. The Bertz CT molecular complexity index is 2450. The fourth-order valence-electron chi connectivity index (χ4n) is 6.35. The lowest BCUT2D eigenvalue weighted by molar-refractivity contribution is 1.09. The molecule has 3 aromatic heterocycles. The van der Waals surface area contributed by atoms with Gasteiger partial charge >= 0.3 is 0 Å². The molecule has 45 heavy (non-hydrogen) atoms. The summed E-state index contributed by atoms with van der Waals surface area (Å²) in [4.78, 5) is 19.1. The van der Waals surface area contributed by atoms with E-state index in [1.807, 2.05) is 48.5 Å². The highest BCUT2D eigenvalue weighted by Crippen LogP contribution is 2.41. The maximum Gasteiger partial charge on any atom is 0.231 e. The molecule has 0 aliphatic heterocycles. The molecule has 0 fully saturated rings. The summed E-state index contributed by atoms with van der Waals surface area (Å²) in [5.74, 6) is 1.90. The SMILES string of the molecule is C=N/C(=N\C(=N/C)n1c2ccccc2c2c1ccc1c3ccccc3n(-c3cccc(-c4ccccc4)n3)c12)c1ccccc1. The predicted molar refractivity (Wildman–Crippen MR) is 188 cm³/mol. The third-order valence-electron chi connectivity index (χ3n) is 8.29. The Balaban J connectivity index is 1.47. The maximum atomic E-state index is 5.21. The Labute approximate surface area is 260 Å². The van der Waals surface area contributed by atoms with E-state index in [0.717, 1.165) is 60.9 Å². The van der Waals surface area contributed by atoms with Crippen LogP contribution in [-0.2, 0) is 0 Å². The average molecular weight is 581 g/mol. The zero-order valence-electron chi connectivity index (χ0n) is 24.7. The second-order valence-corrected chi connectivity index (χ2v) is 10.8. The lowest BCUT2D eigenvalue weighted by Crippen LogP contribution is -2.12. The van der Waals surface area contributed by atoms with Crippen LogP contribution in [0.4, 0.5) is 0 Å². The summed E-state index contributed by atoms with van der Waals surface area (Å²) in [6.45, 7) is 3.81. The first-order valence-electron chi connectivity index (χ1n) is 14.8. The van der Waals surface area contributed by atoms with Gasteiger partial charge in [-0.15, -0.1) is 0 Å². The molecule has 0 atom stereocenters. The Morgan fingerprint density at radius 2 is 1.31 bits per heavy atom. The van der Waals surface area contributed by atoms with Crippen LogP contribution in [0.5, 0.6) is 0 Å². The highest BCUT2D eigenvalue weighted by molar-refractivity contribution is 6.28.